The van der Waals surface area contributed by atoms with Gasteiger partial charge < -0.3 is 4.42 Å². The molecule has 0 aliphatic heterocycles. The summed E-state index contributed by atoms with van der Waals surface area (Å²) >= 11 is 7.53. The predicted octanol–water partition coefficient (Wildman–Crippen LogP) is 5.13. The van der Waals surface area contributed by atoms with Crippen molar-refractivity contribution in [3.63, 3.8) is 0 Å². The highest BCUT2D eigenvalue weighted by Crippen LogP contribution is 2.30. The van der Waals surface area contributed by atoms with Crippen molar-refractivity contribution < 1.29 is 12.8 Å². The van der Waals surface area contributed by atoms with Crippen LogP contribution in [0.15, 0.2) is 58.0 Å². The lowest BCUT2D eigenvalue weighted by Gasteiger charge is -2.18. The Morgan fingerprint density at radius 2 is 1.93 bits per heavy atom. The Labute approximate surface area is 171 Å². The average molecular weight is 434 g/mol. The minimum absolute atomic E-state index is 0.0133. The number of benzene rings is 2. The lowest BCUT2D eigenvalue weighted by atomic mass is 10.2. The Bertz CT molecular complexity index is 1250. The molecule has 0 bridgehead atoms. The number of sulfonamides is 1. The minimum atomic E-state index is -3.83. The zero-order valence-electron chi connectivity index (χ0n) is 15.1. The monoisotopic (exact) mass is 433 g/mol. The maximum Gasteiger partial charge on any atom is 0.312 e. The fourth-order valence-electron chi connectivity index (χ4n) is 2.79. The van der Waals surface area contributed by atoms with Crippen molar-refractivity contribution in [2.75, 3.05) is 10.8 Å². The summed E-state index contributed by atoms with van der Waals surface area (Å²) in [4.78, 5) is 9.88. The normalized spacial score (nSPS) is 11.8. The van der Waals surface area contributed by atoms with Crippen molar-refractivity contribution in [2.45, 2.75) is 18.7 Å². The van der Waals surface area contributed by atoms with E-state index < -0.39 is 10.0 Å². The van der Waals surface area contributed by atoms with Crippen molar-refractivity contribution in [3.8, 4) is 10.6 Å². The number of rotatable bonds is 5. The third-order valence-electron chi connectivity index (χ3n) is 4.15. The first-order valence-corrected chi connectivity index (χ1v) is 11.1. The van der Waals surface area contributed by atoms with Crippen LogP contribution in [0.1, 0.15) is 11.8 Å². The summed E-state index contributed by atoms with van der Waals surface area (Å²) < 4.78 is 33.1. The maximum atomic E-state index is 13.1. The molecule has 6 nitrogen and oxygen atoms in total. The topological polar surface area (TPSA) is 76.3 Å². The summed E-state index contributed by atoms with van der Waals surface area (Å²) in [5.74, 6) is 0. The van der Waals surface area contributed by atoms with Gasteiger partial charge in [0.15, 0.2) is 5.58 Å². The fraction of sp³-hybridized carbons (Fsp3) is 0.158. The predicted molar refractivity (Wildman–Crippen MR) is 112 cm³/mol. The van der Waals surface area contributed by atoms with E-state index in [1.165, 1.54) is 0 Å². The van der Waals surface area contributed by atoms with Gasteiger partial charge in [0.2, 0.25) is 0 Å². The van der Waals surface area contributed by atoms with E-state index >= 15 is 0 Å². The number of hydrogen-bond acceptors (Lipinski definition) is 6. The van der Waals surface area contributed by atoms with Gasteiger partial charge in [0.05, 0.1) is 4.90 Å². The van der Waals surface area contributed by atoms with Crippen LogP contribution in [0.5, 0.6) is 0 Å². The summed E-state index contributed by atoms with van der Waals surface area (Å²) in [6, 6.07) is 11.6. The van der Waals surface area contributed by atoms with Crippen LogP contribution in [0.2, 0.25) is 5.02 Å². The Hall–Kier alpha value is -2.42. The van der Waals surface area contributed by atoms with Crippen molar-refractivity contribution in [1.29, 1.82) is 0 Å². The Kier molecular flexibility index (Phi) is 4.86. The molecule has 0 fully saturated rings. The first-order valence-electron chi connectivity index (χ1n) is 8.50. The zero-order chi connectivity index (χ0) is 19.9. The molecule has 0 saturated carbocycles. The molecule has 0 saturated heterocycles. The van der Waals surface area contributed by atoms with E-state index in [2.05, 4.69) is 9.97 Å². The van der Waals surface area contributed by atoms with Gasteiger partial charge in [0.1, 0.15) is 10.5 Å². The first kappa shape index (κ1) is 18.9. The van der Waals surface area contributed by atoms with E-state index in [-0.39, 0.29) is 17.5 Å². The lowest BCUT2D eigenvalue weighted by molar-refractivity contribution is 0.568. The van der Waals surface area contributed by atoms with Gasteiger partial charge in [-0.25, -0.2) is 17.7 Å². The lowest BCUT2D eigenvalue weighted by Crippen LogP contribution is -2.31. The van der Waals surface area contributed by atoms with E-state index in [4.69, 9.17) is 16.0 Å². The molecule has 144 valence electrons. The zero-order valence-corrected chi connectivity index (χ0v) is 17.5. The van der Waals surface area contributed by atoms with Crippen LogP contribution in [0.25, 0.3) is 21.7 Å². The summed E-state index contributed by atoms with van der Waals surface area (Å²) in [7, 11) is -3.83. The highest BCUT2D eigenvalue weighted by molar-refractivity contribution is 7.92. The molecule has 0 N–H and O–H groups in total. The van der Waals surface area contributed by atoms with Gasteiger partial charge in [-0.3, -0.25) is 0 Å². The number of halogens is 1. The van der Waals surface area contributed by atoms with Gasteiger partial charge in [-0.05, 0) is 44.2 Å². The smallest absolute Gasteiger partial charge is 0.312 e. The number of anilines is 1. The quantitative estimate of drug-likeness (QED) is 0.436. The molecule has 0 radical (unpaired) electrons. The summed E-state index contributed by atoms with van der Waals surface area (Å²) in [5.41, 5.74) is 1.85. The molecule has 2 aromatic carbocycles. The van der Waals surface area contributed by atoms with E-state index in [1.54, 1.807) is 66.9 Å². The number of aryl methyl sites for hydroxylation is 1. The summed E-state index contributed by atoms with van der Waals surface area (Å²) in [6.45, 7) is 3.88. The maximum absolute atomic E-state index is 13.1. The van der Waals surface area contributed by atoms with Gasteiger partial charge in [-0.1, -0.05) is 23.7 Å². The molecular weight excluding hydrogens is 418 g/mol. The third kappa shape index (κ3) is 3.39. The molecule has 0 atom stereocenters. The van der Waals surface area contributed by atoms with Gasteiger partial charge in [-0.15, -0.1) is 11.3 Å². The standard InChI is InChI=1S/C19H16ClN3O3S2/c1-3-23(19-22-16-10-14(20)6-9-17(16)26-19)28(24,25)15-7-4-13(5-8-15)18-21-11-12(2)27-18/h4-11H,3H2,1-2H3. The van der Waals surface area contributed by atoms with Gasteiger partial charge in [0.25, 0.3) is 10.0 Å². The molecule has 0 aliphatic rings. The molecule has 28 heavy (non-hydrogen) atoms. The molecule has 0 spiro atoms. The Morgan fingerprint density at radius 3 is 2.57 bits per heavy atom. The molecule has 9 heteroatoms. The molecule has 0 amide bonds. The van der Waals surface area contributed by atoms with Crippen LogP contribution < -0.4 is 4.31 Å². The molecule has 2 heterocycles. The molecule has 4 rings (SSSR count). The highest BCUT2D eigenvalue weighted by atomic mass is 35.5. The molecule has 0 unspecified atom stereocenters. The number of thiazole rings is 1. The Balaban J connectivity index is 1.70. The number of fused-ring (bicyclic) bond motifs is 1. The van der Waals surface area contributed by atoms with Crippen molar-refractivity contribution in [3.05, 3.63) is 58.6 Å². The Morgan fingerprint density at radius 1 is 1.18 bits per heavy atom. The minimum Gasteiger partial charge on any atom is -0.423 e. The number of aromatic nitrogens is 2. The molecule has 4 aromatic rings. The van der Waals surface area contributed by atoms with Crippen LogP contribution in [-0.2, 0) is 10.0 Å². The van der Waals surface area contributed by atoms with Gasteiger partial charge in [0, 0.05) is 28.2 Å². The number of nitrogens with zero attached hydrogens (tertiary/aromatic N) is 3. The van der Waals surface area contributed by atoms with Crippen LogP contribution >= 0.6 is 22.9 Å². The first-order chi connectivity index (χ1) is 13.4. The van der Waals surface area contributed by atoms with E-state index in [0.717, 1.165) is 19.8 Å². The second kappa shape index (κ2) is 7.20. The van der Waals surface area contributed by atoms with E-state index in [0.29, 0.717) is 16.1 Å². The fourth-order valence-corrected chi connectivity index (χ4v) is 5.08. The van der Waals surface area contributed by atoms with E-state index in [9.17, 15) is 8.42 Å². The second-order valence-corrected chi connectivity index (χ2v) is 9.61. The van der Waals surface area contributed by atoms with Crippen LogP contribution in [0, 0.1) is 6.92 Å². The number of oxazole rings is 1. The van der Waals surface area contributed by atoms with Crippen molar-refractivity contribution in [2.24, 2.45) is 0 Å². The largest absolute Gasteiger partial charge is 0.423 e. The molecular formula is C19H16ClN3O3S2. The van der Waals surface area contributed by atoms with Crippen LogP contribution in [0.3, 0.4) is 0 Å². The molecule has 0 aliphatic carbocycles. The van der Waals surface area contributed by atoms with Crippen LogP contribution in [-0.4, -0.2) is 24.9 Å². The average Bonchev–Trinajstić information content (AvgIpc) is 3.28. The highest BCUT2D eigenvalue weighted by Gasteiger charge is 2.27. The third-order valence-corrected chi connectivity index (χ3v) is 7.21. The second-order valence-electron chi connectivity index (χ2n) is 6.08. The summed E-state index contributed by atoms with van der Waals surface area (Å²) in [6.07, 6.45) is 1.79. The van der Waals surface area contributed by atoms with Gasteiger partial charge in [-0.2, -0.15) is 4.98 Å². The van der Waals surface area contributed by atoms with Crippen molar-refractivity contribution >= 4 is 50.1 Å². The van der Waals surface area contributed by atoms with Crippen LogP contribution in [0.4, 0.5) is 6.01 Å². The van der Waals surface area contributed by atoms with Crippen molar-refractivity contribution in [1.82, 2.24) is 9.97 Å². The number of hydrogen-bond donors (Lipinski definition) is 0. The van der Waals surface area contributed by atoms with E-state index in [1.807, 2.05) is 6.92 Å². The van der Waals surface area contributed by atoms with Gasteiger partial charge >= 0.3 is 6.01 Å². The molecule has 2 aromatic heterocycles. The SMILES string of the molecule is CCN(c1nc2cc(Cl)ccc2o1)S(=O)(=O)c1ccc(-c2ncc(C)s2)cc1. The summed E-state index contributed by atoms with van der Waals surface area (Å²) in [5, 5.41) is 1.36.